The summed E-state index contributed by atoms with van der Waals surface area (Å²) in [7, 11) is 0. The standard InChI is InChI=1S/C14H15O/c1-14(2,15)10-11-7-8-12-5-3-4-6-13(12)9-11/h3-10,15H,1-2H3. The van der Waals surface area contributed by atoms with Crippen molar-refractivity contribution in [1.29, 1.82) is 0 Å². The van der Waals surface area contributed by atoms with Crippen molar-refractivity contribution in [3.8, 4) is 0 Å². The van der Waals surface area contributed by atoms with Crippen LogP contribution >= 0.6 is 0 Å². The Balaban J connectivity index is 2.39. The summed E-state index contributed by atoms with van der Waals surface area (Å²) in [4.78, 5) is 0. The zero-order chi connectivity index (χ0) is 10.9. The summed E-state index contributed by atoms with van der Waals surface area (Å²) < 4.78 is 0. The average molecular weight is 199 g/mol. The van der Waals surface area contributed by atoms with E-state index in [1.54, 1.807) is 13.8 Å². The minimum atomic E-state index is -0.761. The molecule has 0 aliphatic carbocycles. The van der Waals surface area contributed by atoms with Crippen LogP contribution in [0.5, 0.6) is 0 Å². The molecule has 0 unspecified atom stereocenters. The van der Waals surface area contributed by atoms with Crippen LogP contribution in [0.25, 0.3) is 10.8 Å². The molecule has 0 aliphatic rings. The topological polar surface area (TPSA) is 20.2 Å². The van der Waals surface area contributed by atoms with E-state index in [9.17, 15) is 5.11 Å². The molecule has 1 heteroatoms. The van der Waals surface area contributed by atoms with E-state index >= 15 is 0 Å². The average Bonchev–Trinajstić information content (AvgIpc) is 2.15. The fourth-order valence-corrected chi connectivity index (χ4v) is 1.71. The predicted octanol–water partition coefficient (Wildman–Crippen LogP) is 3.16. The van der Waals surface area contributed by atoms with Crippen molar-refractivity contribution in [3.63, 3.8) is 0 Å². The number of hydrogen-bond donors (Lipinski definition) is 1. The Labute approximate surface area is 90.4 Å². The molecule has 0 fully saturated rings. The van der Waals surface area contributed by atoms with Gasteiger partial charge in [0.2, 0.25) is 0 Å². The van der Waals surface area contributed by atoms with Gasteiger partial charge in [0.15, 0.2) is 0 Å². The van der Waals surface area contributed by atoms with Crippen LogP contribution in [0.1, 0.15) is 19.4 Å². The lowest BCUT2D eigenvalue weighted by Gasteiger charge is -2.16. The number of benzene rings is 2. The highest BCUT2D eigenvalue weighted by molar-refractivity contribution is 5.83. The molecule has 0 spiro atoms. The van der Waals surface area contributed by atoms with Gasteiger partial charge in [-0.3, -0.25) is 0 Å². The smallest absolute Gasteiger partial charge is 0.0666 e. The van der Waals surface area contributed by atoms with E-state index in [4.69, 9.17) is 0 Å². The van der Waals surface area contributed by atoms with Crippen LogP contribution in [-0.4, -0.2) is 10.7 Å². The highest BCUT2D eigenvalue weighted by atomic mass is 16.3. The van der Waals surface area contributed by atoms with Crippen LogP contribution < -0.4 is 0 Å². The van der Waals surface area contributed by atoms with E-state index in [1.807, 2.05) is 24.6 Å². The van der Waals surface area contributed by atoms with Crippen LogP contribution in [0.2, 0.25) is 0 Å². The predicted molar refractivity (Wildman–Crippen MR) is 63.6 cm³/mol. The van der Waals surface area contributed by atoms with Crippen molar-refractivity contribution in [2.24, 2.45) is 0 Å². The van der Waals surface area contributed by atoms with Gasteiger partial charge in [-0.15, -0.1) is 0 Å². The summed E-state index contributed by atoms with van der Waals surface area (Å²) in [5.41, 5.74) is 0.295. The molecule has 0 saturated heterocycles. The highest BCUT2D eigenvalue weighted by Gasteiger charge is 2.13. The molecule has 0 saturated carbocycles. The second-order valence-electron chi connectivity index (χ2n) is 4.40. The van der Waals surface area contributed by atoms with E-state index in [-0.39, 0.29) is 0 Å². The molecule has 15 heavy (non-hydrogen) atoms. The van der Waals surface area contributed by atoms with E-state index < -0.39 is 5.60 Å². The monoisotopic (exact) mass is 199 g/mol. The van der Waals surface area contributed by atoms with Crippen LogP contribution in [0.3, 0.4) is 0 Å². The fraction of sp³-hybridized carbons (Fsp3) is 0.214. The van der Waals surface area contributed by atoms with Gasteiger partial charge in [-0.1, -0.05) is 42.5 Å². The Hall–Kier alpha value is -1.34. The molecule has 0 aliphatic heterocycles. The maximum atomic E-state index is 9.69. The minimum Gasteiger partial charge on any atom is -0.390 e. The van der Waals surface area contributed by atoms with Gasteiger partial charge in [-0.25, -0.2) is 0 Å². The van der Waals surface area contributed by atoms with E-state index in [2.05, 4.69) is 24.3 Å². The van der Waals surface area contributed by atoms with Crippen LogP contribution in [0.4, 0.5) is 0 Å². The first-order chi connectivity index (χ1) is 7.04. The molecule has 0 bridgehead atoms. The summed E-state index contributed by atoms with van der Waals surface area (Å²) in [5.74, 6) is 0. The third-order valence-corrected chi connectivity index (χ3v) is 2.29. The molecular weight excluding hydrogens is 184 g/mol. The van der Waals surface area contributed by atoms with Gasteiger partial charge >= 0.3 is 0 Å². The van der Waals surface area contributed by atoms with Crippen molar-refractivity contribution in [2.75, 3.05) is 0 Å². The maximum Gasteiger partial charge on any atom is 0.0666 e. The molecule has 1 radical (unpaired) electrons. The number of aliphatic hydroxyl groups is 1. The Morgan fingerprint density at radius 2 is 1.67 bits per heavy atom. The van der Waals surface area contributed by atoms with Crippen molar-refractivity contribution in [2.45, 2.75) is 19.4 Å². The number of rotatable bonds is 2. The molecule has 0 heterocycles. The van der Waals surface area contributed by atoms with Gasteiger partial charge in [0, 0.05) is 6.42 Å². The van der Waals surface area contributed by atoms with E-state index in [0.29, 0.717) is 0 Å². The zero-order valence-corrected chi connectivity index (χ0v) is 9.07. The molecule has 0 aromatic heterocycles. The summed E-state index contributed by atoms with van der Waals surface area (Å²) in [6, 6.07) is 14.4. The van der Waals surface area contributed by atoms with Crippen molar-refractivity contribution in [1.82, 2.24) is 0 Å². The first-order valence-corrected chi connectivity index (χ1v) is 5.12. The molecule has 2 rings (SSSR count). The first-order valence-electron chi connectivity index (χ1n) is 5.12. The lowest BCUT2D eigenvalue weighted by atomic mass is 9.97. The summed E-state index contributed by atoms with van der Waals surface area (Å²) in [6.07, 6.45) is 1.86. The van der Waals surface area contributed by atoms with Crippen molar-refractivity contribution >= 4 is 10.8 Å². The SMILES string of the molecule is CC(C)(O)[CH]c1ccc2ccccc2c1. The normalized spacial score (nSPS) is 11.9. The molecule has 2 aromatic carbocycles. The minimum absolute atomic E-state index is 0.761. The highest BCUT2D eigenvalue weighted by Crippen LogP contribution is 2.20. The Morgan fingerprint density at radius 3 is 2.33 bits per heavy atom. The number of hydrogen-bond acceptors (Lipinski definition) is 1. The third-order valence-electron chi connectivity index (χ3n) is 2.29. The summed E-state index contributed by atoms with van der Waals surface area (Å²) in [5, 5.41) is 12.1. The molecule has 1 nitrogen and oxygen atoms in total. The van der Waals surface area contributed by atoms with Gasteiger partial charge in [0.05, 0.1) is 5.60 Å². The first kappa shape index (κ1) is 10.2. The largest absolute Gasteiger partial charge is 0.390 e. The third kappa shape index (κ3) is 2.57. The second kappa shape index (κ2) is 3.67. The zero-order valence-electron chi connectivity index (χ0n) is 9.07. The molecule has 77 valence electrons. The lowest BCUT2D eigenvalue weighted by molar-refractivity contribution is 0.119. The molecule has 0 atom stereocenters. The Morgan fingerprint density at radius 1 is 1.00 bits per heavy atom. The van der Waals surface area contributed by atoms with Crippen LogP contribution in [0, 0.1) is 6.42 Å². The summed E-state index contributed by atoms with van der Waals surface area (Å²) >= 11 is 0. The Kier molecular flexibility index (Phi) is 2.49. The van der Waals surface area contributed by atoms with Gasteiger partial charge in [-0.2, -0.15) is 0 Å². The van der Waals surface area contributed by atoms with Crippen molar-refractivity contribution in [3.05, 3.63) is 54.4 Å². The fourth-order valence-electron chi connectivity index (χ4n) is 1.71. The van der Waals surface area contributed by atoms with Crippen molar-refractivity contribution < 1.29 is 5.11 Å². The van der Waals surface area contributed by atoms with E-state index in [0.717, 1.165) is 5.56 Å². The van der Waals surface area contributed by atoms with Gasteiger partial charge in [-0.05, 0) is 30.2 Å². The molecular formula is C14H15O. The lowest BCUT2D eigenvalue weighted by Crippen LogP contribution is -2.19. The quantitative estimate of drug-likeness (QED) is 0.787. The van der Waals surface area contributed by atoms with Gasteiger partial charge in [0.25, 0.3) is 0 Å². The maximum absolute atomic E-state index is 9.69. The van der Waals surface area contributed by atoms with Crippen LogP contribution in [-0.2, 0) is 0 Å². The van der Waals surface area contributed by atoms with E-state index in [1.165, 1.54) is 10.8 Å². The second-order valence-corrected chi connectivity index (χ2v) is 4.40. The molecule has 1 N–H and O–H groups in total. The van der Waals surface area contributed by atoms with Crippen LogP contribution in [0.15, 0.2) is 42.5 Å². The summed E-state index contributed by atoms with van der Waals surface area (Å²) in [6.45, 7) is 3.56. The number of fused-ring (bicyclic) bond motifs is 1. The van der Waals surface area contributed by atoms with Gasteiger partial charge < -0.3 is 5.11 Å². The molecule has 0 amide bonds. The molecule has 2 aromatic rings. The van der Waals surface area contributed by atoms with Gasteiger partial charge in [0.1, 0.15) is 0 Å². The Bertz CT molecular complexity index is 466.